The normalized spacial score (nSPS) is 12.4. The van der Waals surface area contributed by atoms with Gasteiger partial charge in [-0.2, -0.15) is 0 Å². The topological polar surface area (TPSA) is 35.5 Å². The summed E-state index contributed by atoms with van der Waals surface area (Å²) in [6.45, 7) is 5.72. The third kappa shape index (κ3) is 6.30. The molecule has 0 aromatic carbocycles. The lowest BCUT2D eigenvalue weighted by Crippen LogP contribution is -2.42. The Morgan fingerprint density at radius 1 is 1.25 bits per heavy atom. The molecule has 0 amide bonds. The minimum absolute atomic E-state index is 0.403. The average Bonchev–Trinajstić information content (AvgIpc) is 2.16. The number of terminal acetylenes is 1. The van der Waals surface area contributed by atoms with Gasteiger partial charge in [-0.1, -0.05) is 0 Å². The molecule has 4 nitrogen and oxygen atoms in total. The predicted octanol–water partition coefficient (Wildman–Crippen LogP) is 1.96. The highest BCUT2D eigenvalue weighted by atomic mass is 31.2. The lowest BCUT2D eigenvalue weighted by molar-refractivity contribution is -0.880. The predicted molar refractivity (Wildman–Crippen MR) is 66.4 cm³/mol. The van der Waals surface area contributed by atoms with Crippen LogP contribution < -0.4 is 0 Å². The molecule has 0 spiro atoms. The zero-order chi connectivity index (χ0) is 12.7. The molecule has 0 aliphatic carbocycles. The van der Waals surface area contributed by atoms with Crippen LogP contribution in [0.15, 0.2) is 0 Å². The first-order chi connectivity index (χ1) is 7.39. The number of hydrogen-bond acceptors (Lipinski definition) is 3. The number of nitrogens with zero attached hydrogens (tertiary/aromatic N) is 1. The Balaban J connectivity index is 4.32. The summed E-state index contributed by atoms with van der Waals surface area (Å²) in [5, 5.41) is 0. The van der Waals surface area contributed by atoms with E-state index in [4.69, 9.17) is 15.5 Å². The molecule has 0 saturated heterocycles. The summed E-state index contributed by atoms with van der Waals surface area (Å²) in [7, 11) is 1.08. The van der Waals surface area contributed by atoms with Crippen molar-refractivity contribution >= 4 is 7.60 Å². The average molecular weight is 248 g/mol. The summed E-state index contributed by atoms with van der Waals surface area (Å²) in [4.78, 5) is 0. The van der Waals surface area contributed by atoms with Gasteiger partial charge in [0.2, 0.25) is 0 Å². The third-order valence-corrected chi connectivity index (χ3v) is 4.20. The fourth-order valence-corrected chi connectivity index (χ4v) is 3.19. The molecule has 0 radical (unpaired) electrons. The van der Waals surface area contributed by atoms with Crippen molar-refractivity contribution in [3.05, 3.63) is 0 Å². The second-order valence-corrected chi connectivity index (χ2v) is 6.38. The van der Waals surface area contributed by atoms with Gasteiger partial charge >= 0.3 is 7.60 Å². The van der Waals surface area contributed by atoms with Crippen molar-refractivity contribution in [1.82, 2.24) is 0 Å². The quantitative estimate of drug-likeness (QED) is 0.374. The maximum absolute atomic E-state index is 12.2. The minimum atomic E-state index is -2.92. The van der Waals surface area contributed by atoms with Crippen LogP contribution in [0.2, 0.25) is 0 Å². The van der Waals surface area contributed by atoms with Gasteiger partial charge < -0.3 is 13.5 Å². The van der Waals surface area contributed by atoms with Crippen molar-refractivity contribution in [2.75, 3.05) is 46.6 Å². The van der Waals surface area contributed by atoms with Crippen LogP contribution in [-0.2, 0) is 13.6 Å². The molecule has 0 N–H and O–H groups in total. The zero-order valence-corrected chi connectivity index (χ0v) is 11.6. The molecule has 0 aromatic rings. The molecular formula is C11H23NO3P+. The number of hydrogen-bond donors (Lipinski definition) is 0. The van der Waals surface area contributed by atoms with Gasteiger partial charge in [-0.3, -0.25) is 4.57 Å². The van der Waals surface area contributed by atoms with E-state index < -0.39 is 7.60 Å². The van der Waals surface area contributed by atoms with E-state index in [1.165, 1.54) is 0 Å². The van der Waals surface area contributed by atoms with Gasteiger partial charge in [-0.15, -0.1) is 6.42 Å². The molecular weight excluding hydrogens is 225 g/mol. The molecule has 0 atom stereocenters. The maximum atomic E-state index is 12.2. The molecule has 0 fully saturated rings. The van der Waals surface area contributed by atoms with Crippen LogP contribution in [0.3, 0.4) is 0 Å². The second-order valence-electron chi connectivity index (χ2n) is 4.19. The van der Waals surface area contributed by atoms with Crippen molar-refractivity contribution in [3.63, 3.8) is 0 Å². The van der Waals surface area contributed by atoms with Gasteiger partial charge in [0.25, 0.3) is 0 Å². The van der Waals surface area contributed by atoms with E-state index in [2.05, 4.69) is 5.92 Å². The van der Waals surface area contributed by atoms with Crippen molar-refractivity contribution in [1.29, 1.82) is 0 Å². The van der Waals surface area contributed by atoms with E-state index in [9.17, 15) is 4.57 Å². The molecule has 0 aromatic heterocycles. The third-order valence-electron chi connectivity index (χ3n) is 2.15. The lowest BCUT2D eigenvalue weighted by Gasteiger charge is -2.28. The number of rotatable bonds is 8. The summed E-state index contributed by atoms with van der Waals surface area (Å²) in [6, 6.07) is 0. The fourth-order valence-electron chi connectivity index (χ4n) is 1.28. The first kappa shape index (κ1) is 15.7. The molecule has 0 aliphatic rings. The summed E-state index contributed by atoms with van der Waals surface area (Å²) < 4.78 is 23.2. The maximum Gasteiger partial charge on any atom is 0.336 e. The second kappa shape index (κ2) is 7.09. The van der Waals surface area contributed by atoms with Gasteiger partial charge in [-0.05, 0) is 19.8 Å². The molecule has 0 bridgehead atoms. The first-order valence-electron chi connectivity index (χ1n) is 5.52. The van der Waals surface area contributed by atoms with Gasteiger partial charge in [0.15, 0.2) is 0 Å². The van der Waals surface area contributed by atoms with Crippen molar-refractivity contribution in [3.8, 4) is 12.3 Å². The largest absolute Gasteiger partial charge is 0.336 e. The Bertz CT molecular complexity index is 273. The van der Waals surface area contributed by atoms with Crippen molar-refractivity contribution < 1.29 is 18.1 Å². The van der Waals surface area contributed by atoms with E-state index in [-0.39, 0.29) is 0 Å². The molecule has 0 aliphatic heterocycles. The van der Waals surface area contributed by atoms with Crippen LogP contribution in [0.1, 0.15) is 13.8 Å². The molecule has 0 saturated carbocycles. The van der Waals surface area contributed by atoms with E-state index in [0.29, 0.717) is 36.9 Å². The molecule has 0 rings (SSSR count). The summed E-state index contributed by atoms with van der Waals surface area (Å²) in [5.74, 6) is 2.61. The van der Waals surface area contributed by atoms with E-state index in [1.54, 1.807) is 0 Å². The molecule has 16 heavy (non-hydrogen) atoms. The molecule has 5 heteroatoms. The highest BCUT2D eigenvalue weighted by Gasteiger charge is 2.27. The minimum Gasteiger partial charge on any atom is -0.318 e. The molecule has 94 valence electrons. The van der Waals surface area contributed by atoms with Crippen LogP contribution in [-0.4, -0.2) is 51.0 Å². The Kier molecular flexibility index (Phi) is 6.94. The zero-order valence-electron chi connectivity index (χ0n) is 10.7. The van der Waals surface area contributed by atoms with Gasteiger partial charge in [-0.25, -0.2) is 0 Å². The van der Waals surface area contributed by atoms with Gasteiger partial charge in [0.1, 0.15) is 6.54 Å². The monoisotopic (exact) mass is 248 g/mol. The van der Waals surface area contributed by atoms with Crippen LogP contribution in [0.4, 0.5) is 0 Å². The fraction of sp³-hybridized carbons (Fsp3) is 0.818. The van der Waals surface area contributed by atoms with Crippen LogP contribution in [0.5, 0.6) is 0 Å². The smallest absolute Gasteiger partial charge is 0.318 e. The SMILES string of the molecule is C#CC[N+](C)(C)CCP(=O)(OCC)OCC. The van der Waals surface area contributed by atoms with E-state index in [0.717, 1.165) is 0 Å². The Morgan fingerprint density at radius 2 is 1.75 bits per heavy atom. The summed E-state index contributed by atoms with van der Waals surface area (Å²) in [5.41, 5.74) is 0. The van der Waals surface area contributed by atoms with Crippen molar-refractivity contribution in [2.24, 2.45) is 0 Å². The lowest BCUT2D eigenvalue weighted by atomic mass is 10.4. The molecule has 0 heterocycles. The Hall–Kier alpha value is -0.330. The summed E-state index contributed by atoms with van der Waals surface area (Å²) in [6.07, 6.45) is 5.68. The highest BCUT2D eigenvalue weighted by molar-refractivity contribution is 7.53. The number of quaternary nitrogens is 1. The highest BCUT2D eigenvalue weighted by Crippen LogP contribution is 2.47. The van der Waals surface area contributed by atoms with E-state index in [1.807, 2.05) is 27.9 Å². The van der Waals surface area contributed by atoms with E-state index >= 15 is 0 Å². The van der Waals surface area contributed by atoms with Crippen LogP contribution in [0, 0.1) is 12.3 Å². The Labute approximate surface area is 99.0 Å². The Morgan fingerprint density at radius 3 is 2.12 bits per heavy atom. The summed E-state index contributed by atoms with van der Waals surface area (Å²) >= 11 is 0. The molecule has 0 unspecified atom stereocenters. The first-order valence-corrected chi connectivity index (χ1v) is 7.25. The van der Waals surface area contributed by atoms with Gasteiger partial charge in [0, 0.05) is 0 Å². The standard InChI is InChI=1S/C11H23NO3P/c1-6-9-12(4,5)10-11-16(13,14-7-2)15-8-3/h1H,7-11H2,2-5H3/q+1. The van der Waals surface area contributed by atoms with Crippen molar-refractivity contribution in [2.45, 2.75) is 13.8 Å². The van der Waals surface area contributed by atoms with Crippen LogP contribution >= 0.6 is 7.60 Å². The van der Waals surface area contributed by atoms with Crippen LogP contribution in [0.25, 0.3) is 0 Å². The van der Waals surface area contributed by atoms with Gasteiger partial charge in [0.05, 0.1) is 40.0 Å².